The van der Waals surface area contributed by atoms with Gasteiger partial charge in [0, 0.05) is 35.3 Å². The lowest BCUT2D eigenvalue weighted by molar-refractivity contribution is -0.169. The lowest BCUT2D eigenvalue weighted by Crippen LogP contribution is -2.61. The third-order valence-electron chi connectivity index (χ3n) is 16.4. The van der Waals surface area contributed by atoms with E-state index in [1.807, 2.05) is 0 Å². The molecule has 0 bridgehead atoms. The molecular formula is C47H74N6O7S. The zero-order chi connectivity index (χ0) is 42.5. The van der Waals surface area contributed by atoms with Gasteiger partial charge in [0.25, 0.3) is 0 Å². The maximum atomic E-state index is 15.3. The first kappa shape index (κ1) is 45.0. The number of primary amides is 1. The van der Waals surface area contributed by atoms with E-state index in [1.165, 1.54) is 51.4 Å². The Labute approximate surface area is 368 Å². The van der Waals surface area contributed by atoms with E-state index in [0.717, 1.165) is 83.0 Å². The molecule has 0 aromatic rings. The molecule has 9 fully saturated rings. The minimum absolute atomic E-state index is 0.0232. The molecule has 0 aromatic carbocycles. The van der Waals surface area contributed by atoms with Gasteiger partial charge in [0.1, 0.15) is 18.1 Å². The number of cyclic esters (lactones) is 1. The third kappa shape index (κ3) is 9.62. The van der Waals surface area contributed by atoms with Gasteiger partial charge in [-0.15, -0.1) is 11.8 Å². The molecule has 9 aliphatic rings. The summed E-state index contributed by atoms with van der Waals surface area (Å²) >= 11 is 1.78. The van der Waals surface area contributed by atoms with Crippen LogP contribution in [0, 0.1) is 52.8 Å². The topological polar surface area (TPSA) is 184 Å². The second kappa shape index (κ2) is 20.5. The summed E-state index contributed by atoms with van der Waals surface area (Å²) in [6.07, 6.45) is 22.9. The van der Waals surface area contributed by atoms with Crippen molar-refractivity contribution in [3.8, 4) is 11.8 Å². The van der Waals surface area contributed by atoms with Crippen LogP contribution in [0.4, 0.5) is 4.79 Å². The lowest BCUT2D eigenvalue weighted by atomic mass is 9.55. The SMILES string of the molecule is CC1CCCCC1.NC(=O)NCC#CC1CCC2NC(=O)[C@@]3(C2C1)[C@H](C1CCC(OCCO)CC1)N1[C@H](C2CCCCC2)COC(=O)[C@H]1[C@@H]3C(=O)NC1NC2CCCCC2S1. The summed E-state index contributed by atoms with van der Waals surface area (Å²) in [7, 11) is 0. The molecule has 0 radical (unpaired) electrons. The van der Waals surface area contributed by atoms with Crippen LogP contribution in [-0.4, -0.2) is 107 Å². The molecule has 13 nitrogen and oxygen atoms in total. The molecule has 4 saturated heterocycles. The fourth-order valence-corrected chi connectivity index (χ4v) is 15.2. The average molecular weight is 867 g/mol. The van der Waals surface area contributed by atoms with Gasteiger partial charge < -0.3 is 36.3 Å². The van der Waals surface area contributed by atoms with Crippen molar-refractivity contribution in [1.29, 1.82) is 0 Å². The predicted molar refractivity (Wildman–Crippen MR) is 235 cm³/mol. The van der Waals surface area contributed by atoms with Gasteiger partial charge in [0.05, 0.1) is 37.2 Å². The number of thioether (sulfide) groups is 1. The maximum absolute atomic E-state index is 15.3. The third-order valence-corrected chi connectivity index (χ3v) is 17.9. The quantitative estimate of drug-likeness (QED) is 0.145. The summed E-state index contributed by atoms with van der Waals surface area (Å²) in [5.74, 6) is 6.00. The highest BCUT2D eigenvalue weighted by molar-refractivity contribution is 8.00. The van der Waals surface area contributed by atoms with Crippen molar-refractivity contribution in [1.82, 2.24) is 26.2 Å². The summed E-state index contributed by atoms with van der Waals surface area (Å²) in [5, 5.41) is 23.0. The van der Waals surface area contributed by atoms with E-state index in [4.69, 9.17) is 15.2 Å². The number of nitrogens with two attached hydrogens (primary N) is 1. The van der Waals surface area contributed by atoms with Gasteiger partial charge in [0.15, 0.2) is 0 Å². The van der Waals surface area contributed by atoms with E-state index in [9.17, 15) is 14.7 Å². The molecule has 14 heteroatoms. The number of hydrogen-bond donors (Lipinski definition) is 6. The van der Waals surface area contributed by atoms with E-state index >= 15 is 9.59 Å². The summed E-state index contributed by atoms with van der Waals surface area (Å²) < 4.78 is 12.2. The van der Waals surface area contributed by atoms with Crippen LogP contribution < -0.4 is 27.0 Å². The molecule has 4 heterocycles. The van der Waals surface area contributed by atoms with Gasteiger partial charge in [-0.25, -0.2) is 4.79 Å². The Hall–Kier alpha value is -2.57. The van der Waals surface area contributed by atoms with Crippen LogP contribution >= 0.6 is 11.8 Å². The number of nitrogens with zero attached hydrogens (tertiary/aromatic N) is 1. The molecule has 4 amide bonds. The Morgan fingerprint density at radius 2 is 1.64 bits per heavy atom. The second-order valence-electron chi connectivity index (χ2n) is 20.1. The first-order chi connectivity index (χ1) is 29.7. The first-order valence-corrected chi connectivity index (χ1v) is 25.3. The number of amides is 4. The number of carbonyl (C=O) groups excluding carboxylic acids is 4. The fourth-order valence-electron chi connectivity index (χ4n) is 13.7. The van der Waals surface area contributed by atoms with Crippen molar-refractivity contribution in [3.05, 3.63) is 0 Å². The van der Waals surface area contributed by atoms with Crippen LogP contribution in [0.25, 0.3) is 0 Å². The Morgan fingerprint density at radius 3 is 2.33 bits per heavy atom. The highest BCUT2D eigenvalue weighted by Gasteiger charge is 2.77. The van der Waals surface area contributed by atoms with E-state index < -0.39 is 23.4 Å². The van der Waals surface area contributed by atoms with E-state index in [0.29, 0.717) is 30.2 Å². The van der Waals surface area contributed by atoms with Crippen molar-refractivity contribution in [2.75, 3.05) is 26.4 Å². The van der Waals surface area contributed by atoms with Crippen LogP contribution in [0.1, 0.15) is 142 Å². The van der Waals surface area contributed by atoms with Gasteiger partial charge in [0.2, 0.25) is 11.8 Å². The van der Waals surface area contributed by atoms with Crippen molar-refractivity contribution in [3.63, 3.8) is 0 Å². The molecule has 11 atom stereocenters. The highest BCUT2D eigenvalue weighted by Crippen LogP contribution is 2.63. The van der Waals surface area contributed by atoms with E-state index in [1.54, 1.807) is 11.8 Å². The Kier molecular flexibility index (Phi) is 15.1. The van der Waals surface area contributed by atoms with E-state index in [2.05, 4.69) is 44.9 Å². The molecule has 61 heavy (non-hydrogen) atoms. The second-order valence-corrected chi connectivity index (χ2v) is 21.4. The molecule has 6 unspecified atom stereocenters. The lowest BCUT2D eigenvalue weighted by Gasteiger charge is -2.50. The van der Waals surface area contributed by atoms with Gasteiger partial charge in [-0.3, -0.25) is 24.6 Å². The minimum Gasteiger partial charge on any atom is -0.463 e. The standard InChI is InChI=1S/C40H60N6O7S.C7H14/c41-38(51)42-18-6-7-23-12-17-28-27(21-23)40(37(50)43-28)32(35(48)45-39-44-29-10-4-5-11-31(29)54-39)33-36(49)53-22-30(24-8-2-1-3-9-24)46(33)34(40)25-13-15-26(16-14-25)52-20-19-47;1-7-5-3-2-4-6-7/h23-34,39,44,47H,1-5,8-22H2,(H,43,50)(H,45,48)(H3,41,42,51);7H,2-6H2,1H3/t23?,25?,26?,27?,28?,29?,30-,31?,32+,33+,34-,39?,40+;/m0./s1. The summed E-state index contributed by atoms with van der Waals surface area (Å²) in [6, 6.07) is -1.67. The van der Waals surface area contributed by atoms with Gasteiger partial charge in [-0.2, -0.15) is 0 Å². The van der Waals surface area contributed by atoms with Crippen molar-refractivity contribution >= 4 is 35.6 Å². The minimum atomic E-state index is -1.17. The van der Waals surface area contributed by atoms with Crippen LogP contribution in [0.3, 0.4) is 0 Å². The zero-order valence-electron chi connectivity index (χ0n) is 36.6. The van der Waals surface area contributed by atoms with Crippen LogP contribution in [0.5, 0.6) is 0 Å². The number of urea groups is 1. The number of aliphatic hydroxyl groups is 1. The van der Waals surface area contributed by atoms with Gasteiger partial charge >= 0.3 is 12.0 Å². The van der Waals surface area contributed by atoms with Crippen LogP contribution in [0.2, 0.25) is 0 Å². The number of rotatable bonds is 8. The van der Waals surface area contributed by atoms with Crippen molar-refractivity contribution in [2.24, 2.45) is 46.7 Å². The average Bonchev–Trinajstić information content (AvgIpc) is 3.92. The highest BCUT2D eigenvalue weighted by atomic mass is 32.2. The van der Waals surface area contributed by atoms with Crippen molar-refractivity contribution in [2.45, 2.75) is 189 Å². The number of aliphatic hydroxyl groups excluding tert-OH is 1. The van der Waals surface area contributed by atoms with Crippen LogP contribution in [-0.2, 0) is 23.9 Å². The molecular weight excluding hydrogens is 793 g/mol. The molecule has 7 N–H and O–H groups in total. The zero-order valence-corrected chi connectivity index (χ0v) is 37.4. The Balaban J connectivity index is 0.000000668. The summed E-state index contributed by atoms with van der Waals surface area (Å²) in [4.78, 5) is 58.8. The monoisotopic (exact) mass is 867 g/mol. The Morgan fingerprint density at radius 1 is 0.918 bits per heavy atom. The number of hydrogen-bond acceptors (Lipinski definition) is 10. The molecule has 1 spiro atoms. The van der Waals surface area contributed by atoms with Gasteiger partial charge in [-0.1, -0.05) is 83.0 Å². The molecule has 9 rings (SSSR count). The normalized spacial score (nSPS) is 40.2. The van der Waals surface area contributed by atoms with E-state index in [-0.39, 0.29) is 85.0 Å². The maximum Gasteiger partial charge on any atom is 0.324 e. The number of fused-ring (bicyclic) bond motifs is 4. The smallest absolute Gasteiger partial charge is 0.324 e. The first-order valence-electron chi connectivity index (χ1n) is 24.4. The number of morpholine rings is 1. The largest absolute Gasteiger partial charge is 0.463 e. The number of ether oxygens (including phenoxy) is 2. The Bertz CT molecular complexity index is 1590. The molecule has 340 valence electrons. The van der Waals surface area contributed by atoms with Gasteiger partial charge in [-0.05, 0) is 94.3 Å². The number of nitrogens with one attached hydrogen (secondary N) is 4. The number of esters is 1. The molecule has 5 saturated carbocycles. The molecule has 0 aromatic heterocycles. The predicted octanol–water partition coefficient (Wildman–Crippen LogP) is 4.94. The molecule has 5 aliphatic carbocycles. The van der Waals surface area contributed by atoms with Crippen LogP contribution in [0.15, 0.2) is 0 Å². The van der Waals surface area contributed by atoms with Crippen molar-refractivity contribution < 1.29 is 33.8 Å². The fraction of sp³-hybridized carbons (Fsp3) is 0.872. The molecule has 4 aliphatic heterocycles. The summed E-state index contributed by atoms with van der Waals surface area (Å²) in [5.41, 5.74) is 3.84. The number of carbonyl (C=O) groups is 4. The summed E-state index contributed by atoms with van der Waals surface area (Å²) in [6.45, 7) is 3.07.